The Labute approximate surface area is 116 Å². The molecule has 0 saturated heterocycles. The van der Waals surface area contributed by atoms with Gasteiger partial charge in [-0.05, 0) is 51.0 Å². The monoisotopic (exact) mass is 276 g/mol. The molecule has 19 heavy (non-hydrogen) atoms. The molecule has 1 unspecified atom stereocenters. The summed E-state index contributed by atoms with van der Waals surface area (Å²) in [5.74, 6) is 0.134. The topological polar surface area (TPSA) is 47.3 Å². The van der Waals surface area contributed by atoms with E-state index in [1.807, 2.05) is 32.9 Å². The second-order valence-corrected chi connectivity index (χ2v) is 6.12. The molecule has 0 saturated carbocycles. The van der Waals surface area contributed by atoms with Gasteiger partial charge in [-0.3, -0.25) is 4.79 Å². The molecule has 2 aromatic rings. The van der Waals surface area contributed by atoms with Crippen molar-refractivity contribution >= 4 is 28.5 Å². The molecule has 100 valence electrons. The summed E-state index contributed by atoms with van der Waals surface area (Å²) >= 11 is 1.49. The second-order valence-electron chi connectivity index (χ2n) is 4.73. The Morgan fingerprint density at radius 3 is 2.53 bits per heavy atom. The van der Waals surface area contributed by atoms with Crippen LogP contribution in [0.4, 0.5) is 0 Å². The van der Waals surface area contributed by atoms with Gasteiger partial charge in [0.1, 0.15) is 11.4 Å². The van der Waals surface area contributed by atoms with Gasteiger partial charge in [0.15, 0.2) is 0 Å². The number of carbonyl (C=O) groups is 1. The highest BCUT2D eigenvalue weighted by Crippen LogP contribution is 2.31. The number of Topliss-reactive ketones (excluding diaryl/α,β-unsaturated/α-hetero) is 1. The molecule has 0 amide bonds. The second kappa shape index (κ2) is 5.21. The van der Waals surface area contributed by atoms with Crippen molar-refractivity contribution in [2.75, 3.05) is 0 Å². The van der Waals surface area contributed by atoms with Crippen LogP contribution in [-0.4, -0.2) is 11.0 Å². The highest BCUT2D eigenvalue weighted by Gasteiger charge is 2.13. The van der Waals surface area contributed by atoms with E-state index >= 15 is 0 Å². The Hall–Kier alpha value is -1.55. The van der Waals surface area contributed by atoms with Crippen molar-refractivity contribution in [3.05, 3.63) is 39.7 Å². The number of ketones is 1. The van der Waals surface area contributed by atoms with E-state index in [9.17, 15) is 9.59 Å². The maximum atomic E-state index is 11.4. The van der Waals surface area contributed by atoms with Gasteiger partial charge in [0.25, 0.3) is 0 Å². The first-order valence-corrected chi connectivity index (χ1v) is 6.98. The lowest BCUT2D eigenvalue weighted by Crippen LogP contribution is -2.08. The largest absolute Gasteiger partial charge is 0.423 e. The van der Waals surface area contributed by atoms with Crippen molar-refractivity contribution in [1.82, 2.24) is 0 Å². The van der Waals surface area contributed by atoms with Crippen LogP contribution in [0.5, 0.6) is 0 Å². The van der Waals surface area contributed by atoms with E-state index in [1.54, 1.807) is 6.92 Å². The average molecular weight is 276 g/mol. The van der Waals surface area contributed by atoms with Crippen LogP contribution < -0.4 is 5.63 Å². The van der Waals surface area contributed by atoms with E-state index in [0.29, 0.717) is 5.58 Å². The predicted octanol–water partition coefficient (Wildman–Crippen LogP) is 3.48. The Morgan fingerprint density at radius 1 is 1.21 bits per heavy atom. The zero-order chi connectivity index (χ0) is 14.2. The number of hydrogen-bond donors (Lipinski definition) is 0. The Bertz CT molecular complexity index is 700. The first-order valence-electron chi connectivity index (χ1n) is 6.10. The van der Waals surface area contributed by atoms with Crippen LogP contribution in [0.2, 0.25) is 0 Å². The minimum Gasteiger partial charge on any atom is -0.423 e. The van der Waals surface area contributed by atoms with E-state index in [2.05, 4.69) is 0 Å². The van der Waals surface area contributed by atoms with Gasteiger partial charge >= 0.3 is 5.63 Å². The highest BCUT2D eigenvalue weighted by atomic mass is 32.2. The van der Waals surface area contributed by atoms with Gasteiger partial charge in [-0.25, -0.2) is 4.79 Å². The molecular formula is C15H16O3S. The van der Waals surface area contributed by atoms with E-state index in [-0.39, 0.29) is 16.7 Å². The number of carbonyl (C=O) groups excluding carboxylic acids is 1. The van der Waals surface area contributed by atoms with Crippen LogP contribution >= 0.6 is 11.8 Å². The molecule has 1 heterocycles. The summed E-state index contributed by atoms with van der Waals surface area (Å²) in [5.41, 5.74) is 2.23. The minimum absolute atomic E-state index is 0.104. The fourth-order valence-electron chi connectivity index (χ4n) is 1.85. The quantitative estimate of drug-likeness (QED) is 0.636. The van der Waals surface area contributed by atoms with Crippen molar-refractivity contribution in [1.29, 1.82) is 0 Å². The van der Waals surface area contributed by atoms with Gasteiger partial charge in [-0.2, -0.15) is 0 Å². The lowest BCUT2D eigenvalue weighted by atomic mass is 10.1. The number of thioether (sulfide) groups is 1. The lowest BCUT2D eigenvalue weighted by Gasteiger charge is -2.11. The van der Waals surface area contributed by atoms with Crippen LogP contribution in [0.1, 0.15) is 25.0 Å². The number of hydrogen-bond acceptors (Lipinski definition) is 4. The highest BCUT2D eigenvalue weighted by molar-refractivity contribution is 8.00. The summed E-state index contributed by atoms with van der Waals surface area (Å²) in [7, 11) is 0. The molecule has 2 rings (SSSR count). The molecule has 0 fully saturated rings. The van der Waals surface area contributed by atoms with Gasteiger partial charge in [-0.1, -0.05) is 0 Å². The Balaban J connectivity index is 2.55. The van der Waals surface area contributed by atoms with Crippen molar-refractivity contribution in [3.63, 3.8) is 0 Å². The molecule has 0 N–H and O–H groups in total. The van der Waals surface area contributed by atoms with Crippen molar-refractivity contribution in [3.8, 4) is 0 Å². The fraction of sp³-hybridized carbons (Fsp3) is 0.333. The average Bonchev–Trinajstić information content (AvgIpc) is 2.31. The Morgan fingerprint density at radius 2 is 1.89 bits per heavy atom. The normalized spacial score (nSPS) is 12.6. The van der Waals surface area contributed by atoms with E-state index in [4.69, 9.17) is 4.42 Å². The summed E-state index contributed by atoms with van der Waals surface area (Å²) in [5, 5.41) is 0.838. The van der Waals surface area contributed by atoms with Gasteiger partial charge < -0.3 is 4.42 Å². The van der Waals surface area contributed by atoms with Crippen molar-refractivity contribution in [2.45, 2.75) is 37.8 Å². The van der Waals surface area contributed by atoms with Gasteiger partial charge in [0, 0.05) is 16.3 Å². The SMILES string of the molecule is CC(=O)C(C)Sc1cc2oc(=O)cc(C)c2cc1C. The first kappa shape index (κ1) is 13.9. The molecule has 1 atom stereocenters. The standard InChI is InChI=1S/C15H16O3S/c1-8-6-15(17)18-13-7-14(9(2)5-12(8)13)19-11(4)10(3)16/h5-7,11H,1-4H3. The van der Waals surface area contributed by atoms with Crippen molar-refractivity contribution < 1.29 is 9.21 Å². The lowest BCUT2D eigenvalue weighted by molar-refractivity contribution is -0.116. The van der Waals surface area contributed by atoms with Gasteiger partial charge in [0.05, 0.1) is 5.25 Å². The van der Waals surface area contributed by atoms with Crippen LogP contribution in [0.15, 0.2) is 32.3 Å². The molecule has 0 aliphatic rings. The van der Waals surface area contributed by atoms with Crippen LogP contribution in [0.25, 0.3) is 11.0 Å². The molecule has 0 radical (unpaired) electrons. The first-order chi connectivity index (χ1) is 8.88. The summed E-state index contributed by atoms with van der Waals surface area (Å²) in [6.07, 6.45) is 0. The summed E-state index contributed by atoms with van der Waals surface area (Å²) in [4.78, 5) is 23.7. The molecule has 0 spiro atoms. The van der Waals surface area contributed by atoms with Crippen LogP contribution in [0.3, 0.4) is 0 Å². The Kier molecular flexibility index (Phi) is 3.80. The molecular weight excluding hydrogens is 260 g/mol. The maximum Gasteiger partial charge on any atom is 0.336 e. The number of rotatable bonds is 3. The van der Waals surface area contributed by atoms with E-state index in [0.717, 1.165) is 21.4 Å². The summed E-state index contributed by atoms with van der Waals surface area (Å²) in [6.45, 7) is 7.35. The molecule has 0 aliphatic heterocycles. The van der Waals surface area contributed by atoms with Gasteiger partial charge in [-0.15, -0.1) is 11.8 Å². The number of fused-ring (bicyclic) bond motifs is 1. The molecule has 1 aromatic heterocycles. The fourth-order valence-corrected chi connectivity index (χ4v) is 2.82. The van der Waals surface area contributed by atoms with E-state index < -0.39 is 0 Å². The minimum atomic E-state index is -0.343. The summed E-state index contributed by atoms with van der Waals surface area (Å²) in [6, 6.07) is 5.35. The van der Waals surface area contributed by atoms with Crippen molar-refractivity contribution in [2.24, 2.45) is 0 Å². The zero-order valence-electron chi connectivity index (χ0n) is 11.4. The van der Waals surface area contributed by atoms with Gasteiger partial charge in [0.2, 0.25) is 0 Å². The smallest absolute Gasteiger partial charge is 0.336 e. The zero-order valence-corrected chi connectivity index (χ0v) is 12.3. The third kappa shape index (κ3) is 2.89. The number of benzene rings is 1. The van der Waals surface area contributed by atoms with Crippen LogP contribution in [-0.2, 0) is 4.79 Å². The molecule has 1 aromatic carbocycles. The molecule has 3 nitrogen and oxygen atoms in total. The number of aryl methyl sites for hydroxylation is 2. The third-order valence-corrected chi connectivity index (χ3v) is 4.50. The summed E-state index contributed by atoms with van der Waals surface area (Å²) < 4.78 is 5.23. The predicted molar refractivity (Wildman–Crippen MR) is 78.0 cm³/mol. The van der Waals surface area contributed by atoms with Crippen LogP contribution in [0, 0.1) is 13.8 Å². The third-order valence-electron chi connectivity index (χ3n) is 3.12. The molecule has 0 bridgehead atoms. The van der Waals surface area contributed by atoms with E-state index in [1.165, 1.54) is 17.8 Å². The molecule has 0 aliphatic carbocycles. The molecule has 4 heteroatoms. The maximum absolute atomic E-state index is 11.4.